The van der Waals surface area contributed by atoms with Gasteiger partial charge in [-0.2, -0.15) is 0 Å². The largest absolute Gasteiger partial charge is 0.483 e. The Morgan fingerprint density at radius 1 is 1.47 bits per heavy atom. The molecule has 92 valence electrons. The fourth-order valence-electron chi connectivity index (χ4n) is 1.91. The monoisotopic (exact) mass is 236 g/mol. The minimum absolute atomic E-state index is 0.0318. The molecule has 0 saturated carbocycles. The summed E-state index contributed by atoms with van der Waals surface area (Å²) in [4.78, 5) is 0. The van der Waals surface area contributed by atoms with Gasteiger partial charge in [0.1, 0.15) is 6.10 Å². The summed E-state index contributed by atoms with van der Waals surface area (Å²) in [5, 5.41) is 9.34. The zero-order valence-electron chi connectivity index (χ0n) is 9.90. The lowest BCUT2D eigenvalue weighted by molar-refractivity contribution is 0.197. The molecule has 1 aliphatic carbocycles. The fraction of sp³-hybridized carbons (Fsp3) is 0.429. The number of aliphatic hydroxyl groups is 1. The van der Waals surface area contributed by atoms with Crippen LogP contribution in [0.25, 0.3) is 0 Å². The van der Waals surface area contributed by atoms with Crippen molar-refractivity contribution < 1.29 is 14.2 Å². The molecule has 2 rings (SSSR count). The number of ether oxygens (including phenoxy) is 1. The third-order valence-electron chi connectivity index (χ3n) is 2.93. The third-order valence-corrected chi connectivity index (χ3v) is 2.93. The van der Waals surface area contributed by atoms with Gasteiger partial charge in [0.2, 0.25) is 0 Å². The summed E-state index contributed by atoms with van der Waals surface area (Å²) in [6.45, 7) is 1.61. The van der Waals surface area contributed by atoms with Crippen molar-refractivity contribution in [1.29, 1.82) is 0 Å². The smallest absolute Gasteiger partial charge is 0.165 e. The zero-order valence-corrected chi connectivity index (χ0v) is 9.90. The van der Waals surface area contributed by atoms with Crippen molar-refractivity contribution in [2.45, 2.75) is 38.4 Å². The normalized spacial score (nSPS) is 21.2. The Labute approximate surface area is 101 Å². The second-order valence-corrected chi connectivity index (χ2v) is 4.38. The average Bonchev–Trinajstić information content (AvgIpc) is 2.33. The minimum Gasteiger partial charge on any atom is -0.483 e. The van der Waals surface area contributed by atoms with Gasteiger partial charge >= 0.3 is 0 Å². The van der Waals surface area contributed by atoms with E-state index >= 15 is 0 Å². The SMILES string of the molecule is C[C@@H](O)c1ccc(OC2C=CCCC2)c(F)c1. The van der Waals surface area contributed by atoms with Gasteiger partial charge in [-0.15, -0.1) is 0 Å². The highest BCUT2D eigenvalue weighted by molar-refractivity contribution is 5.30. The maximum atomic E-state index is 13.7. The van der Waals surface area contributed by atoms with Crippen LogP contribution < -0.4 is 4.74 Å². The van der Waals surface area contributed by atoms with E-state index in [1.807, 2.05) is 6.08 Å². The molecule has 1 unspecified atom stereocenters. The van der Waals surface area contributed by atoms with Gasteiger partial charge in [0.25, 0.3) is 0 Å². The van der Waals surface area contributed by atoms with Crippen LogP contribution in [0.2, 0.25) is 0 Å². The highest BCUT2D eigenvalue weighted by Gasteiger charge is 2.13. The topological polar surface area (TPSA) is 29.5 Å². The van der Waals surface area contributed by atoms with Crippen LogP contribution in [0.1, 0.15) is 37.9 Å². The van der Waals surface area contributed by atoms with Crippen LogP contribution in [-0.4, -0.2) is 11.2 Å². The van der Waals surface area contributed by atoms with Crippen LogP contribution in [0.5, 0.6) is 5.75 Å². The molecule has 0 radical (unpaired) electrons. The quantitative estimate of drug-likeness (QED) is 0.815. The van der Waals surface area contributed by atoms with Gasteiger partial charge in [-0.3, -0.25) is 0 Å². The van der Waals surface area contributed by atoms with E-state index in [0.717, 1.165) is 19.3 Å². The Bertz CT molecular complexity index is 413. The number of hydrogen-bond acceptors (Lipinski definition) is 2. The van der Waals surface area contributed by atoms with Crippen molar-refractivity contribution in [2.75, 3.05) is 0 Å². The molecule has 1 N–H and O–H groups in total. The highest BCUT2D eigenvalue weighted by Crippen LogP contribution is 2.25. The van der Waals surface area contributed by atoms with Gasteiger partial charge in [-0.1, -0.05) is 12.1 Å². The van der Waals surface area contributed by atoms with Crippen LogP contribution in [0, 0.1) is 5.82 Å². The Kier molecular flexibility index (Phi) is 3.79. The predicted molar refractivity (Wildman–Crippen MR) is 64.4 cm³/mol. The molecule has 3 heteroatoms. The van der Waals surface area contributed by atoms with E-state index in [0.29, 0.717) is 5.56 Å². The lowest BCUT2D eigenvalue weighted by Gasteiger charge is -2.19. The molecule has 0 spiro atoms. The highest BCUT2D eigenvalue weighted by atomic mass is 19.1. The van der Waals surface area contributed by atoms with Crippen molar-refractivity contribution in [3.8, 4) is 5.75 Å². The van der Waals surface area contributed by atoms with Gasteiger partial charge in [0.05, 0.1) is 6.10 Å². The summed E-state index contributed by atoms with van der Waals surface area (Å²) in [5.74, 6) is -0.159. The Morgan fingerprint density at radius 3 is 2.88 bits per heavy atom. The number of hydrogen-bond donors (Lipinski definition) is 1. The molecule has 0 fully saturated rings. The molecule has 1 aromatic rings. The van der Waals surface area contributed by atoms with Crippen molar-refractivity contribution >= 4 is 0 Å². The first-order valence-corrected chi connectivity index (χ1v) is 5.97. The number of benzene rings is 1. The summed E-state index contributed by atoms with van der Waals surface area (Å²) in [7, 11) is 0. The number of rotatable bonds is 3. The molecule has 0 amide bonds. The van der Waals surface area contributed by atoms with E-state index in [9.17, 15) is 9.50 Å². The van der Waals surface area contributed by atoms with Crippen LogP contribution in [0.3, 0.4) is 0 Å². The molecule has 0 aromatic heterocycles. The second kappa shape index (κ2) is 5.32. The number of allylic oxidation sites excluding steroid dienone is 1. The lowest BCUT2D eigenvalue weighted by Crippen LogP contribution is -2.16. The minimum atomic E-state index is -0.659. The first kappa shape index (κ1) is 12.1. The molecule has 1 aliphatic rings. The van der Waals surface area contributed by atoms with E-state index in [1.54, 1.807) is 19.1 Å². The van der Waals surface area contributed by atoms with Gasteiger partial charge in [-0.05, 0) is 50.0 Å². The molecular formula is C14H17FO2. The predicted octanol–water partition coefficient (Wildman–Crippen LogP) is 3.37. The van der Waals surface area contributed by atoms with E-state index in [-0.39, 0.29) is 11.9 Å². The molecule has 1 aromatic carbocycles. The molecule has 2 atom stereocenters. The van der Waals surface area contributed by atoms with E-state index in [2.05, 4.69) is 6.08 Å². The zero-order chi connectivity index (χ0) is 12.3. The summed E-state index contributed by atoms with van der Waals surface area (Å²) in [5.41, 5.74) is 0.564. The Balaban J connectivity index is 2.10. The van der Waals surface area contributed by atoms with Crippen molar-refractivity contribution in [3.63, 3.8) is 0 Å². The van der Waals surface area contributed by atoms with Crippen molar-refractivity contribution in [2.24, 2.45) is 0 Å². The van der Waals surface area contributed by atoms with Crippen LogP contribution in [0.15, 0.2) is 30.4 Å². The molecule has 17 heavy (non-hydrogen) atoms. The molecule has 0 bridgehead atoms. The van der Waals surface area contributed by atoms with Gasteiger partial charge in [0.15, 0.2) is 11.6 Å². The molecule has 0 heterocycles. The molecule has 0 saturated heterocycles. The molecule has 2 nitrogen and oxygen atoms in total. The lowest BCUT2D eigenvalue weighted by atomic mass is 10.1. The number of aliphatic hydroxyl groups excluding tert-OH is 1. The summed E-state index contributed by atoms with van der Waals surface area (Å²) in [6.07, 6.45) is 6.43. The first-order chi connectivity index (χ1) is 8.16. The maximum absolute atomic E-state index is 13.7. The summed E-state index contributed by atoms with van der Waals surface area (Å²) in [6, 6.07) is 4.60. The van der Waals surface area contributed by atoms with Crippen molar-refractivity contribution in [1.82, 2.24) is 0 Å². The fourth-order valence-corrected chi connectivity index (χ4v) is 1.91. The third kappa shape index (κ3) is 3.07. The Hall–Kier alpha value is -1.35. The average molecular weight is 236 g/mol. The van der Waals surface area contributed by atoms with Gasteiger partial charge < -0.3 is 9.84 Å². The summed E-state index contributed by atoms with van der Waals surface area (Å²) >= 11 is 0. The maximum Gasteiger partial charge on any atom is 0.165 e. The van der Waals surface area contributed by atoms with Crippen LogP contribution in [-0.2, 0) is 0 Å². The molecule has 0 aliphatic heterocycles. The second-order valence-electron chi connectivity index (χ2n) is 4.38. The Morgan fingerprint density at radius 2 is 2.29 bits per heavy atom. The van der Waals surface area contributed by atoms with E-state index < -0.39 is 11.9 Å². The van der Waals surface area contributed by atoms with E-state index in [4.69, 9.17) is 4.74 Å². The molecular weight excluding hydrogens is 219 g/mol. The van der Waals surface area contributed by atoms with Crippen LogP contribution >= 0.6 is 0 Å². The van der Waals surface area contributed by atoms with Crippen LogP contribution in [0.4, 0.5) is 4.39 Å². The first-order valence-electron chi connectivity index (χ1n) is 5.97. The van der Waals surface area contributed by atoms with Crippen molar-refractivity contribution in [3.05, 3.63) is 41.7 Å². The van der Waals surface area contributed by atoms with Gasteiger partial charge in [0, 0.05) is 0 Å². The van der Waals surface area contributed by atoms with Gasteiger partial charge in [-0.25, -0.2) is 4.39 Å². The summed E-state index contributed by atoms with van der Waals surface area (Å²) < 4.78 is 19.3. The standard InChI is InChI=1S/C14H17FO2/c1-10(16)11-7-8-14(13(15)9-11)17-12-5-3-2-4-6-12/h3,5,7-10,12,16H,2,4,6H2,1H3/t10-,12?/m1/s1. The number of halogens is 1. The van der Waals surface area contributed by atoms with E-state index in [1.165, 1.54) is 6.07 Å².